The van der Waals surface area contributed by atoms with Crippen LogP contribution in [0, 0.1) is 17.2 Å². The van der Waals surface area contributed by atoms with Crippen LogP contribution < -0.4 is 15.5 Å². The van der Waals surface area contributed by atoms with Gasteiger partial charge in [0.05, 0.1) is 27.4 Å². The summed E-state index contributed by atoms with van der Waals surface area (Å²) in [6.07, 6.45) is 2.30. The van der Waals surface area contributed by atoms with E-state index < -0.39 is 22.5 Å². The summed E-state index contributed by atoms with van der Waals surface area (Å²) in [5.74, 6) is 1.06. The lowest BCUT2D eigenvalue weighted by Gasteiger charge is -2.34. The molecule has 3 aliphatic rings. The highest BCUT2D eigenvalue weighted by molar-refractivity contribution is 7.89. The topological polar surface area (TPSA) is 187 Å². The first-order chi connectivity index (χ1) is 28.3. The Bertz CT molecular complexity index is 2570. The summed E-state index contributed by atoms with van der Waals surface area (Å²) in [6, 6.07) is 12.7. The molecule has 0 spiro atoms. The second-order valence-corrected chi connectivity index (χ2v) is 17.8. The van der Waals surface area contributed by atoms with Crippen LogP contribution in [-0.4, -0.2) is 104 Å². The molecule has 0 saturated carbocycles. The summed E-state index contributed by atoms with van der Waals surface area (Å²) in [6.45, 7) is 5.57. The van der Waals surface area contributed by atoms with E-state index in [0.717, 1.165) is 43.4 Å². The fourth-order valence-electron chi connectivity index (χ4n) is 8.68. The zero-order chi connectivity index (χ0) is 41.6. The summed E-state index contributed by atoms with van der Waals surface area (Å²) in [4.78, 5) is 36.9. The summed E-state index contributed by atoms with van der Waals surface area (Å²) in [5, 5.41) is 25.1. The Kier molecular flexibility index (Phi) is 11.1. The van der Waals surface area contributed by atoms with Gasteiger partial charge in [0.2, 0.25) is 21.9 Å². The predicted molar refractivity (Wildman–Crippen MR) is 215 cm³/mol. The third-order valence-electron chi connectivity index (χ3n) is 11.8. The predicted octanol–water partition coefficient (Wildman–Crippen LogP) is 4.83. The van der Waals surface area contributed by atoms with Crippen molar-refractivity contribution in [2.24, 2.45) is 20.0 Å². The van der Waals surface area contributed by atoms with Gasteiger partial charge in [-0.25, -0.2) is 31.7 Å². The second-order valence-electron chi connectivity index (χ2n) is 15.9. The number of anilines is 2. The van der Waals surface area contributed by atoms with Crippen molar-refractivity contribution in [2.75, 3.05) is 49.5 Å². The maximum atomic E-state index is 13.9. The normalized spacial score (nSPS) is 18.5. The first-order valence-electron chi connectivity index (χ1n) is 19.9. The number of rotatable bonds is 11. The summed E-state index contributed by atoms with van der Waals surface area (Å²) < 4.78 is 59.0. The lowest BCUT2D eigenvalue weighted by atomic mass is 9.88. The van der Waals surface area contributed by atoms with Crippen molar-refractivity contribution >= 4 is 55.7 Å². The number of aryl methyl sites for hydroxylation is 2. The number of alkyl halides is 2. The van der Waals surface area contributed by atoms with Gasteiger partial charge in [-0.3, -0.25) is 19.7 Å². The Balaban J connectivity index is 0.855. The molecule has 2 aromatic carbocycles. The Hall–Kier alpha value is -5.58. The molecule has 3 aliphatic heterocycles. The number of amides is 3. The van der Waals surface area contributed by atoms with Crippen molar-refractivity contribution in [1.82, 2.24) is 44.1 Å². The number of likely N-dealkylation sites (tertiary alicyclic amines) is 1. The molecule has 1 atom stereocenters. The van der Waals surface area contributed by atoms with Crippen molar-refractivity contribution in [3.05, 3.63) is 65.0 Å². The third-order valence-corrected chi connectivity index (χ3v) is 13.7. The van der Waals surface area contributed by atoms with Crippen LogP contribution in [0.15, 0.2) is 47.5 Å². The molecule has 8 rings (SSSR count). The fourth-order valence-corrected chi connectivity index (χ4v) is 10.2. The number of nitrogens with one attached hydrogen (secondary N) is 2. The molecule has 0 bridgehead atoms. The van der Waals surface area contributed by atoms with Crippen molar-refractivity contribution < 1.29 is 26.8 Å². The second kappa shape index (κ2) is 16.2. The quantitative estimate of drug-likeness (QED) is 0.186. The number of sulfonamides is 1. The molecule has 0 radical (unpaired) electrons. The SMILES string of the molecule is CC(Cc1cc(S(=O)(=O)N2CCC(Nc3ncc4c(C(F)F)nn(C)c4n3)CC2)ccc1C#N)CN1CCC(c2ccc3c(N4CCC(=O)NC4=O)nn(C)c3c2)CC1. The Labute approximate surface area is 340 Å². The van der Waals surface area contributed by atoms with Gasteiger partial charge < -0.3 is 10.2 Å². The number of nitriles is 1. The number of imide groups is 1. The van der Waals surface area contributed by atoms with E-state index in [9.17, 15) is 32.0 Å². The van der Waals surface area contributed by atoms with Crippen LogP contribution >= 0.6 is 0 Å². The zero-order valence-electron chi connectivity index (χ0n) is 33.1. The largest absolute Gasteiger partial charge is 0.351 e. The molecule has 1 unspecified atom stereocenters. The Morgan fingerprint density at radius 1 is 0.966 bits per heavy atom. The molecule has 3 fully saturated rings. The van der Waals surface area contributed by atoms with Crippen LogP contribution in [0.4, 0.5) is 25.3 Å². The molecule has 6 heterocycles. The summed E-state index contributed by atoms with van der Waals surface area (Å²) >= 11 is 0. The van der Waals surface area contributed by atoms with Crippen LogP contribution in [-0.2, 0) is 35.3 Å². The van der Waals surface area contributed by atoms with Crippen molar-refractivity contribution in [3.8, 4) is 6.07 Å². The molecule has 310 valence electrons. The number of hydrogen-bond donors (Lipinski definition) is 2. The van der Waals surface area contributed by atoms with Crippen LogP contribution in [0.1, 0.15) is 73.8 Å². The third kappa shape index (κ3) is 8.08. The van der Waals surface area contributed by atoms with Crippen molar-refractivity contribution in [1.29, 1.82) is 5.26 Å². The highest BCUT2D eigenvalue weighted by Crippen LogP contribution is 2.34. The van der Waals surface area contributed by atoms with E-state index in [0.29, 0.717) is 48.7 Å². The van der Waals surface area contributed by atoms with Gasteiger partial charge in [-0.05, 0) is 98.5 Å². The highest BCUT2D eigenvalue weighted by Gasteiger charge is 2.32. The number of benzene rings is 2. The van der Waals surface area contributed by atoms with Crippen LogP contribution in [0.25, 0.3) is 21.9 Å². The molecule has 0 aliphatic carbocycles. The lowest BCUT2D eigenvalue weighted by Crippen LogP contribution is -2.49. The average molecular weight is 829 g/mol. The molecule has 3 saturated heterocycles. The van der Waals surface area contributed by atoms with Crippen LogP contribution in [0.5, 0.6) is 0 Å². The maximum Gasteiger partial charge on any atom is 0.329 e. The van der Waals surface area contributed by atoms with E-state index in [1.54, 1.807) is 23.9 Å². The molecule has 2 N–H and O–H groups in total. The smallest absolute Gasteiger partial charge is 0.329 e. The Morgan fingerprint density at radius 2 is 1.73 bits per heavy atom. The summed E-state index contributed by atoms with van der Waals surface area (Å²) in [7, 11) is -0.427. The number of piperidine rings is 2. The number of carbonyl (C=O) groups excluding carboxylic acids is 2. The number of urea groups is 1. The van der Waals surface area contributed by atoms with Gasteiger partial charge in [-0.15, -0.1) is 0 Å². The maximum absolute atomic E-state index is 13.9. The summed E-state index contributed by atoms with van der Waals surface area (Å²) in [5.41, 5.74) is 3.24. The number of nitrogens with zero attached hydrogens (tertiary/aromatic N) is 10. The first kappa shape index (κ1) is 40.2. The van der Waals surface area contributed by atoms with Crippen molar-refractivity contribution in [3.63, 3.8) is 0 Å². The molecule has 3 aromatic heterocycles. The van der Waals surface area contributed by atoms with E-state index in [1.165, 1.54) is 31.7 Å². The molecule has 19 heteroatoms. The number of aromatic nitrogens is 6. The standard InChI is InChI=1S/C40H46F2N12O4S/c1-24(23-52-13-8-25(9-14-52)26-5-7-31-33(20-26)50(2)49-38(31)54-17-12-34(55)46-40(54)56)18-28-19-30(6-4-27(28)21-43)59(57,58)53-15-10-29(11-16-53)45-39-44-22-32-35(36(41)42)48-51(3)37(32)47-39/h4-7,19-20,22,24-25,29,36H,8-18,23H2,1-3H3,(H,44,45,47)(H,46,55,56). The first-order valence-corrected chi connectivity index (χ1v) is 21.3. The zero-order valence-corrected chi connectivity index (χ0v) is 33.9. The van der Waals surface area contributed by atoms with E-state index in [4.69, 9.17) is 0 Å². The minimum atomic E-state index is -3.83. The minimum absolute atomic E-state index is 0.118. The molecular formula is C40H46F2N12O4S. The van der Waals surface area contributed by atoms with Gasteiger partial charge in [0.15, 0.2) is 11.5 Å². The van der Waals surface area contributed by atoms with Gasteiger partial charge in [-0.2, -0.15) is 24.7 Å². The van der Waals surface area contributed by atoms with Gasteiger partial charge >= 0.3 is 6.03 Å². The van der Waals surface area contributed by atoms with E-state index in [-0.39, 0.29) is 64.9 Å². The fraction of sp³-hybridized carbons (Fsp3) is 0.475. The molecule has 3 amide bonds. The van der Waals surface area contributed by atoms with Crippen LogP contribution in [0.3, 0.4) is 0 Å². The Morgan fingerprint density at radius 3 is 2.44 bits per heavy atom. The lowest BCUT2D eigenvalue weighted by molar-refractivity contribution is -0.120. The highest BCUT2D eigenvalue weighted by atomic mass is 32.2. The monoisotopic (exact) mass is 828 g/mol. The molecule has 59 heavy (non-hydrogen) atoms. The van der Waals surface area contributed by atoms with E-state index in [1.807, 2.05) is 13.1 Å². The number of hydrogen-bond acceptors (Lipinski definition) is 11. The van der Waals surface area contributed by atoms with Gasteiger partial charge in [0.25, 0.3) is 6.43 Å². The molecule has 16 nitrogen and oxygen atoms in total. The average Bonchev–Trinajstić information content (AvgIpc) is 3.73. The number of carbonyl (C=O) groups is 2. The van der Waals surface area contributed by atoms with E-state index >= 15 is 0 Å². The molecule has 5 aromatic rings. The van der Waals surface area contributed by atoms with Gasteiger partial charge in [-0.1, -0.05) is 13.0 Å². The van der Waals surface area contributed by atoms with Crippen LogP contribution in [0.2, 0.25) is 0 Å². The van der Waals surface area contributed by atoms with Gasteiger partial charge in [0, 0.05) is 64.3 Å². The minimum Gasteiger partial charge on any atom is -0.351 e. The van der Waals surface area contributed by atoms with Crippen molar-refractivity contribution in [2.45, 2.75) is 68.7 Å². The van der Waals surface area contributed by atoms with E-state index in [2.05, 4.69) is 60.8 Å². The van der Waals surface area contributed by atoms with Gasteiger partial charge in [0.1, 0.15) is 5.69 Å². The molecular weight excluding hydrogens is 783 g/mol. The number of halogens is 2. The number of fused-ring (bicyclic) bond motifs is 2.